The van der Waals surface area contributed by atoms with E-state index in [9.17, 15) is 4.79 Å². The van der Waals surface area contributed by atoms with Crippen molar-refractivity contribution in [2.45, 2.75) is 33.1 Å². The molecule has 0 aliphatic rings. The number of hydrogen-bond acceptors (Lipinski definition) is 3. The van der Waals surface area contributed by atoms with Crippen LogP contribution in [-0.2, 0) is 5.41 Å². The molecule has 0 saturated heterocycles. The minimum atomic E-state index is -1.03. The first-order chi connectivity index (χ1) is 8.80. The molecule has 0 atom stereocenters. The standard InChI is InChI=1S/C15H17NO3/c1-9-7-10(15(2,3)4)5-6-11(9)13-12(14(17)18)8-16-19-13/h5-8H,1-4H3,(H,17,18). The van der Waals surface area contributed by atoms with E-state index in [0.717, 1.165) is 11.1 Å². The van der Waals surface area contributed by atoms with Crippen LogP contribution in [0.4, 0.5) is 0 Å². The van der Waals surface area contributed by atoms with E-state index in [4.69, 9.17) is 9.63 Å². The van der Waals surface area contributed by atoms with Gasteiger partial charge in [0, 0.05) is 5.56 Å². The lowest BCUT2D eigenvalue weighted by molar-refractivity contribution is 0.0697. The number of hydrogen-bond donors (Lipinski definition) is 1. The molecule has 1 heterocycles. The van der Waals surface area contributed by atoms with Gasteiger partial charge in [-0.25, -0.2) is 4.79 Å². The van der Waals surface area contributed by atoms with Crippen molar-refractivity contribution in [3.8, 4) is 11.3 Å². The largest absolute Gasteiger partial charge is 0.477 e. The van der Waals surface area contributed by atoms with E-state index in [1.165, 1.54) is 11.8 Å². The summed E-state index contributed by atoms with van der Waals surface area (Å²) in [7, 11) is 0. The van der Waals surface area contributed by atoms with E-state index in [2.05, 4.69) is 32.0 Å². The van der Waals surface area contributed by atoms with Crippen LogP contribution in [-0.4, -0.2) is 16.2 Å². The van der Waals surface area contributed by atoms with Crippen LogP contribution in [0.3, 0.4) is 0 Å². The highest BCUT2D eigenvalue weighted by atomic mass is 16.5. The SMILES string of the molecule is Cc1cc(C(C)(C)C)ccc1-c1oncc1C(=O)O. The molecule has 1 N–H and O–H groups in total. The topological polar surface area (TPSA) is 63.3 Å². The number of benzene rings is 1. The van der Waals surface area contributed by atoms with Crippen LogP contribution in [0.5, 0.6) is 0 Å². The van der Waals surface area contributed by atoms with Gasteiger partial charge in [0.05, 0.1) is 6.20 Å². The Bertz CT molecular complexity index is 621. The van der Waals surface area contributed by atoms with Crippen molar-refractivity contribution in [3.63, 3.8) is 0 Å². The van der Waals surface area contributed by atoms with Gasteiger partial charge >= 0.3 is 5.97 Å². The molecule has 2 aromatic rings. The molecule has 0 bridgehead atoms. The van der Waals surface area contributed by atoms with Gasteiger partial charge in [0.15, 0.2) is 5.76 Å². The normalized spacial score (nSPS) is 11.6. The molecule has 4 heteroatoms. The van der Waals surface area contributed by atoms with Gasteiger partial charge in [-0.05, 0) is 23.5 Å². The van der Waals surface area contributed by atoms with Gasteiger partial charge in [-0.1, -0.05) is 44.1 Å². The molecule has 0 aliphatic carbocycles. The first kappa shape index (κ1) is 13.3. The lowest BCUT2D eigenvalue weighted by Gasteiger charge is -2.20. The first-order valence-corrected chi connectivity index (χ1v) is 6.10. The number of aryl methyl sites for hydroxylation is 1. The van der Waals surface area contributed by atoms with E-state index in [-0.39, 0.29) is 11.0 Å². The van der Waals surface area contributed by atoms with Crippen molar-refractivity contribution in [2.75, 3.05) is 0 Å². The predicted octanol–water partition coefficient (Wildman–Crippen LogP) is 3.65. The molecule has 4 nitrogen and oxygen atoms in total. The monoisotopic (exact) mass is 259 g/mol. The van der Waals surface area contributed by atoms with Crippen LogP contribution in [0.2, 0.25) is 0 Å². The number of rotatable bonds is 2. The molecule has 1 aromatic heterocycles. The summed E-state index contributed by atoms with van der Waals surface area (Å²) < 4.78 is 5.09. The summed E-state index contributed by atoms with van der Waals surface area (Å²) in [4.78, 5) is 11.1. The van der Waals surface area contributed by atoms with E-state index in [1.807, 2.05) is 19.1 Å². The molecule has 0 spiro atoms. The minimum absolute atomic E-state index is 0.0559. The maximum Gasteiger partial charge on any atom is 0.341 e. The summed E-state index contributed by atoms with van der Waals surface area (Å²) in [5.41, 5.74) is 3.09. The second-order valence-electron chi connectivity index (χ2n) is 5.65. The van der Waals surface area contributed by atoms with Crippen LogP contribution >= 0.6 is 0 Å². The lowest BCUT2D eigenvalue weighted by Crippen LogP contribution is -2.11. The summed E-state index contributed by atoms with van der Waals surface area (Å²) in [5, 5.41) is 12.7. The molecule has 0 amide bonds. The molecule has 100 valence electrons. The quantitative estimate of drug-likeness (QED) is 0.894. The van der Waals surface area contributed by atoms with Gasteiger partial charge in [0.25, 0.3) is 0 Å². The number of carboxylic acids is 1. The van der Waals surface area contributed by atoms with Gasteiger partial charge in [-0.15, -0.1) is 0 Å². The fourth-order valence-corrected chi connectivity index (χ4v) is 1.97. The number of nitrogens with zero attached hydrogens (tertiary/aromatic N) is 1. The van der Waals surface area contributed by atoms with Gasteiger partial charge in [0.2, 0.25) is 0 Å². The molecule has 0 aliphatic heterocycles. The molecule has 0 unspecified atom stereocenters. The summed E-state index contributed by atoms with van der Waals surface area (Å²) in [6.07, 6.45) is 1.23. The van der Waals surface area contributed by atoms with Crippen molar-refractivity contribution in [2.24, 2.45) is 0 Å². The highest BCUT2D eigenvalue weighted by Crippen LogP contribution is 2.31. The zero-order valence-electron chi connectivity index (χ0n) is 11.5. The smallest absolute Gasteiger partial charge is 0.341 e. The highest BCUT2D eigenvalue weighted by Gasteiger charge is 2.20. The minimum Gasteiger partial charge on any atom is -0.477 e. The first-order valence-electron chi connectivity index (χ1n) is 6.10. The number of carbonyl (C=O) groups is 1. The van der Waals surface area contributed by atoms with E-state index >= 15 is 0 Å². The summed E-state index contributed by atoms with van der Waals surface area (Å²) >= 11 is 0. The number of aromatic nitrogens is 1. The fourth-order valence-electron chi connectivity index (χ4n) is 1.97. The molecular formula is C15H17NO3. The molecule has 2 rings (SSSR count). The Morgan fingerprint density at radius 3 is 2.53 bits per heavy atom. The Hall–Kier alpha value is -2.10. The van der Waals surface area contributed by atoms with E-state index in [0.29, 0.717) is 5.76 Å². The molecule has 19 heavy (non-hydrogen) atoms. The van der Waals surface area contributed by atoms with Crippen LogP contribution < -0.4 is 0 Å². The Morgan fingerprint density at radius 1 is 1.32 bits per heavy atom. The molecule has 1 aromatic carbocycles. The fraction of sp³-hybridized carbons (Fsp3) is 0.333. The third-order valence-electron chi connectivity index (χ3n) is 3.14. The Labute approximate surface area is 112 Å². The summed E-state index contributed by atoms with van der Waals surface area (Å²) in [6, 6.07) is 5.95. The highest BCUT2D eigenvalue weighted by molar-refractivity contribution is 5.94. The van der Waals surface area contributed by atoms with Crippen molar-refractivity contribution in [1.82, 2.24) is 5.16 Å². The molecular weight excluding hydrogens is 242 g/mol. The van der Waals surface area contributed by atoms with Crippen molar-refractivity contribution < 1.29 is 14.4 Å². The molecule has 0 radical (unpaired) electrons. The van der Waals surface area contributed by atoms with Crippen LogP contribution in [0.1, 0.15) is 42.3 Å². The number of aromatic carboxylic acids is 1. The van der Waals surface area contributed by atoms with Crippen molar-refractivity contribution in [1.29, 1.82) is 0 Å². The third kappa shape index (κ3) is 2.52. The zero-order chi connectivity index (χ0) is 14.2. The van der Waals surface area contributed by atoms with Gasteiger partial charge < -0.3 is 9.63 Å². The van der Waals surface area contributed by atoms with Crippen molar-refractivity contribution >= 4 is 5.97 Å². The Balaban J connectivity index is 2.53. The van der Waals surface area contributed by atoms with Crippen LogP contribution in [0.25, 0.3) is 11.3 Å². The number of carboxylic acid groups (broad SMARTS) is 1. The Morgan fingerprint density at radius 2 is 2.00 bits per heavy atom. The second-order valence-corrected chi connectivity index (χ2v) is 5.65. The van der Waals surface area contributed by atoms with Gasteiger partial charge in [-0.2, -0.15) is 0 Å². The summed E-state index contributed by atoms with van der Waals surface area (Å²) in [6.45, 7) is 8.36. The third-order valence-corrected chi connectivity index (χ3v) is 3.14. The van der Waals surface area contributed by atoms with Crippen molar-refractivity contribution in [3.05, 3.63) is 41.1 Å². The summed E-state index contributed by atoms with van der Waals surface area (Å²) in [5.74, 6) is -0.721. The maximum atomic E-state index is 11.1. The molecule has 0 fully saturated rings. The maximum absolute atomic E-state index is 11.1. The Kier molecular flexibility index (Phi) is 3.18. The van der Waals surface area contributed by atoms with E-state index in [1.54, 1.807) is 0 Å². The predicted molar refractivity (Wildman–Crippen MR) is 72.3 cm³/mol. The van der Waals surface area contributed by atoms with E-state index < -0.39 is 5.97 Å². The average Bonchev–Trinajstić information content (AvgIpc) is 2.76. The second kappa shape index (κ2) is 4.53. The zero-order valence-corrected chi connectivity index (χ0v) is 11.5. The average molecular weight is 259 g/mol. The lowest BCUT2D eigenvalue weighted by atomic mass is 9.85. The van der Waals surface area contributed by atoms with Crippen LogP contribution in [0, 0.1) is 6.92 Å². The van der Waals surface area contributed by atoms with Crippen LogP contribution in [0.15, 0.2) is 28.9 Å². The van der Waals surface area contributed by atoms with Gasteiger partial charge in [-0.3, -0.25) is 0 Å². The van der Waals surface area contributed by atoms with Gasteiger partial charge in [0.1, 0.15) is 5.56 Å². The molecule has 0 saturated carbocycles.